The van der Waals surface area contributed by atoms with Crippen molar-refractivity contribution in [3.63, 3.8) is 0 Å². The van der Waals surface area contributed by atoms with Crippen LogP contribution in [0.3, 0.4) is 0 Å². The van der Waals surface area contributed by atoms with E-state index in [-0.39, 0.29) is 0 Å². The van der Waals surface area contributed by atoms with Crippen molar-refractivity contribution in [2.24, 2.45) is 0 Å². The number of halogens is 1. The number of thiophene rings is 1. The lowest BCUT2D eigenvalue weighted by molar-refractivity contribution is 1.05. The molecule has 0 aliphatic carbocycles. The second-order valence-electron chi connectivity index (χ2n) is 3.13. The lowest BCUT2D eigenvalue weighted by Crippen LogP contribution is -2.02. The van der Waals surface area contributed by atoms with Crippen LogP contribution in [0, 0.1) is 6.92 Å². The van der Waals surface area contributed by atoms with Gasteiger partial charge in [-0.05, 0) is 39.9 Å². The molecule has 0 bridgehead atoms. The molecule has 0 spiro atoms. The first-order valence-electron chi connectivity index (χ1n) is 4.50. The minimum Gasteiger partial charge on any atom is -0.349 e. The fraction of sp³-hybridized carbons (Fsp3) is 0.200. The van der Waals surface area contributed by atoms with Gasteiger partial charge in [-0.25, -0.2) is 9.97 Å². The Kier molecular flexibility index (Phi) is 3.33. The fourth-order valence-corrected chi connectivity index (χ4v) is 2.53. The maximum absolute atomic E-state index is 4.17. The van der Waals surface area contributed by atoms with Gasteiger partial charge in [-0.3, -0.25) is 0 Å². The summed E-state index contributed by atoms with van der Waals surface area (Å²) in [5.41, 5.74) is 1.07. The first-order valence-corrected chi connectivity index (χ1v) is 6.17. The Morgan fingerprint density at radius 3 is 2.73 bits per heavy atom. The van der Waals surface area contributed by atoms with E-state index in [0.717, 1.165) is 16.6 Å². The molecular formula is C10H10BrN3S. The van der Waals surface area contributed by atoms with Crippen molar-refractivity contribution >= 4 is 33.2 Å². The minimum absolute atomic E-state index is 0.668. The second-order valence-corrected chi connectivity index (χ2v) is 4.98. The summed E-state index contributed by atoms with van der Waals surface area (Å²) in [7, 11) is 0. The van der Waals surface area contributed by atoms with E-state index < -0.39 is 0 Å². The van der Waals surface area contributed by atoms with E-state index in [1.54, 1.807) is 23.7 Å². The quantitative estimate of drug-likeness (QED) is 0.940. The largest absolute Gasteiger partial charge is 0.349 e. The molecule has 3 nitrogen and oxygen atoms in total. The highest BCUT2D eigenvalue weighted by molar-refractivity contribution is 9.10. The molecule has 0 atom stereocenters. The maximum Gasteiger partial charge on any atom is 0.222 e. The minimum atomic E-state index is 0.668. The number of aryl methyl sites for hydroxylation is 1. The van der Waals surface area contributed by atoms with Crippen LogP contribution in [0.2, 0.25) is 0 Å². The first-order chi connectivity index (χ1) is 7.25. The van der Waals surface area contributed by atoms with Crippen LogP contribution >= 0.6 is 27.3 Å². The molecule has 15 heavy (non-hydrogen) atoms. The molecule has 2 heterocycles. The maximum atomic E-state index is 4.17. The number of rotatable bonds is 3. The van der Waals surface area contributed by atoms with E-state index >= 15 is 0 Å². The molecule has 78 valence electrons. The Balaban J connectivity index is 1.99. The summed E-state index contributed by atoms with van der Waals surface area (Å²) >= 11 is 5.19. The summed E-state index contributed by atoms with van der Waals surface area (Å²) in [6.07, 6.45) is 3.61. The Morgan fingerprint density at radius 2 is 2.13 bits per heavy atom. The van der Waals surface area contributed by atoms with Crippen molar-refractivity contribution in [2.75, 3.05) is 5.32 Å². The number of hydrogen-bond donors (Lipinski definition) is 1. The number of aromatic nitrogens is 2. The van der Waals surface area contributed by atoms with E-state index in [1.807, 2.05) is 13.0 Å². The van der Waals surface area contributed by atoms with Crippen molar-refractivity contribution < 1.29 is 0 Å². The predicted molar refractivity (Wildman–Crippen MR) is 66.1 cm³/mol. The van der Waals surface area contributed by atoms with Crippen LogP contribution < -0.4 is 5.32 Å². The molecule has 0 aromatic carbocycles. The van der Waals surface area contributed by atoms with Gasteiger partial charge in [-0.15, -0.1) is 11.3 Å². The Labute approximate surface area is 101 Å². The normalized spacial score (nSPS) is 10.3. The van der Waals surface area contributed by atoms with Crippen LogP contribution in [0.1, 0.15) is 10.4 Å². The highest BCUT2D eigenvalue weighted by atomic mass is 79.9. The van der Waals surface area contributed by atoms with E-state index in [4.69, 9.17) is 0 Å². The van der Waals surface area contributed by atoms with Gasteiger partial charge in [0.05, 0.1) is 6.54 Å². The van der Waals surface area contributed by atoms with Crippen molar-refractivity contribution in [3.8, 4) is 0 Å². The molecule has 0 saturated heterocycles. The molecule has 0 saturated carbocycles. The SMILES string of the molecule is Cc1cnc(NCc2sccc2Br)nc1. The molecule has 0 radical (unpaired) electrons. The van der Waals surface area contributed by atoms with Gasteiger partial charge >= 0.3 is 0 Å². The topological polar surface area (TPSA) is 37.8 Å². The highest BCUT2D eigenvalue weighted by Crippen LogP contribution is 2.22. The van der Waals surface area contributed by atoms with Gasteiger partial charge in [0.15, 0.2) is 0 Å². The van der Waals surface area contributed by atoms with E-state index in [2.05, 4.69) is 36.6 Å². The van der Waals surface area contributed by atoms with Gasteiger partial charge in [0, 0.05) is 21.7 Å². The average molecular weight is 284 g/mol. The van der Waals surface area contributed by atoms with Crippen LogP contribution in [0.25, 0.3) is 0 Å². The van der Waals surface area contributed by atoms with E-state index in [1.165, 1.54) is 4.88 Å². The third-order valence-electron chi connectivity index (χ3n) is 1.88. The second kappa shape index (κ2) is 4.72. The van der Waals surface area contributed by atoms with E-state index in [9.17, 15) is 0 Å². The molecule has 0 unspecified atom stereocenters. The van der Waals surface area contributed by atoms with Gasteiger partial charge < -0.3 is 5.32 Å². The van der Waals surface area contributed by atoms with E-state index in [0.29, 0.717) is 5.95 Å². The smallest absolute Gasteiger partial charge is 0.222 e. The lowest BCUT2D eigenvalue weighted by atomic mass is 10.4. The van der Waals surface area contributed by atoms with Gasteiger partial charge in [-0.2, -0.15) is 0 Å². The Morgan fingerprint density at radius 1 is 1.40 bits per heavy atom. The van der Waals surface area contributed by atoms with Crippen molar-refractivity contribution in [2.45, 2.75) is 13.5 Å². The number of anilines is 1. The molecule has 0 fully saturated rings. The number of hydrogen-bond acceptors (Lipinski definition) is 4. The molecule has 0 amide bonds. The summed E-state index contributed by atoms with van der Waals surface area (Å²) in [5, 5.41) is 5.23. The van der Waals surface area contributed by atoms with Crippen molar-refractivity contribution in [1.82, 2.24) is 9.97 Å². The van der Waals surface area contributed by atoms with Crippen LogP contribution in [-0.2, 0) is 6.54 Å². The van der Waals surface area contributed by atoms with Gasteiger partial charge in [-0.1, -0.05) is 0 Å². The number of nitrogens with zero attached hydrogens (tertiary/aromatic N) is 2. The number of nitrogens with one attached hydrogen (secondary N) is 1. The predicted octanol–water partition coefficient (Wildman–Crippen LogP) is 3.22. The fourth-order valence-electron chi connectivity index (χ4n) is 1.09. The zero-order valence-corrected chi connectivity index (χ0v) is 10.6. The molecule has 1 N–H and O–H groups in total. The zero-order chi connectivity index (χ0) is 10.7. The molecule has 2 rings (SSSR count). The van der Waals surface area contributed by atoms with Crippen LogP contribution in [0.15, 0.2) is 28.3 Å². The molecule has 2 aromatic rings. The Bertz CT molecular complexity index is 438. The third-order valence-corrected chi connectivity index (χ3v) is 3.81. The molecule has 0 aliphatic rings. The molecular weight excluding hydrogens is 274 g/mol. The lowest BCUT2D eigenvalue weighted by Gasteiger charge is -2.03. The first kappa shape index (κ1) is 10.6. The van der Waals surface area contributed by atoms with Gasteiger partial charge in [0.1, 0.15) is 0 Å². The standard InChI is InChI=1S/C10H10BrN3S/c1-7-4-12-10(13-5-7)14-6-9-8(11)2-3-15-9/h2-5H,6H2,1H3,(H,12,13,14). The highest BCUT2D eigenvalue weighted by Gasteiger charge is 2.01. The summed E-state index contributed by atoms with van der Waals surface area (Å²) in [4.78, 5) is 9.60. The molecule has 0 aliphatic heterocycles. The summed E-state index contributed by atoms with van der Waals surface area (Å²) < 4.78 is 1.13. The summed E-state index contributed by atoms with van der Waals surface area (Å²) in [5.74, 6) is 0.668. The molecule has 2 aromatic heterocycles. The summed E-state index contributed by atoms with van der Waals surface area (Å²) in [6, 6.07) is 2.04. The van der Waals surface area contributed by atoms with Crippen molar-refractivity contribution in [3.05, 3.63) is 38.8 Å². The monoisotopic (exact) mass is 283 g/mol. The Hall–Kier alpha value is -0.940. The van der Waals surface area contributed by atoms with Crippen LogP contribution in [-0.4, -0.2) is 9.97 Å². The molecule has 5 heteroatoms. The van der Waals surface area contributed by atoms with Crippen LogP contribution in [0.4, 0.5) is 5.95 Å². The van der Waals surface area contributed by atoms with Crippen molar-refractivity contribution in [1.29, 1.82) is 0 Å². The third kappa shape index (κ3) is 2.76. The van der Waals surface area contributed by atoms with Gasteiger partial charge in [0.2, 0.25) is 5.95 Å². The van der Waals surface area contributed by atoms with Crippen LogP contribution in [0.5, 0.6) is 0 Å². The van der Waals surface area contributed by atoms with Gasteiger partial charge in [0.25, 0.3) is 0 Å². The summed E-state index contributed by atoms with van der Waals surface area (Å²) in [6.45, 7) is 2.72. The zero-order valence-electron chi connectivity index (χ0n) is 8.20. The average Bonchev–Trinajstić information content (AvgIpc) is 2.63.